The number of thiazole rings is 4. The lowest BCUT2D eigenvalue weighted by molar-refractivity contribution is -0.125. The summed E-state index contributed by atoms with van der Waals surface area (Å²) in [6.45, 7) is 21.4. The topological polar surface area (TPSA) is 287 Å². The number of aromatic nitrogens is 4. The van der Waals surface area contributed by atoms with Crippen LogP contribution in [-0.4, -0.2) is 84.9 Å². The summed E-state index contributed by atoms with van der Waals surface area (Å²) in [5.41, 5.74) is 15.0. The lowest BCUT2D eigenvalue weighted by atomic mass is 9.87. The van der Waals surface area contributed by atoms with Gasteiger partial charge < -0.3 is 42.4 Å². The largest absolute Gasteiger partial charge is 0.448 e. The maximum absolute atomic E-state index is 13.2. The summed E-state index contributed by atoms with van der Waals surface area (Å²) in [5, 5.41) is 11.4. The molecule has 0 saturated heterocycles. The molecule has 6 atom stereocenters. The number of aryl methyl sites for hydroxylation is 4. The van der Waals surface area contributed by atoms with E-state index in [0.29, 0.717) is 41.4 Å². The monoisotopic (exact) mass is 1510 g/mol. The number of nitrogens with two attached hydrogens (primary N) is 1. The Bertz CT molecular complexity index is 3620. The third kappa shape index (κ3) is 27.2. The zero-order chi connectivity index (χ0) is 71.6. The summed E-state index contributed by atoms with van der Waals surface area (Å²) in [7, 11) is 0. The van der Waals surface area contributed by atoms with Gasteiger partial charge in [0, 0.05) is 69.6 Å². The molecule has 11 rings (SSSR count). The van der Waals surface area contributed by atoms with E-state index in [1.807, 2.05) is 51.7 Å². The number of ether oxygens (including phenoxy) is 2. The molecular weight excluding hydrogens is 1390 g/mol. The minimum atomic E-state index is -0.480. The second-order valence-corrected chi connectivity index (χ2v) is 32.9. The van der Waals surface area contributed by atoms with Gasteiger partial charge in [0.2, 0.25) is 11.8 Å². The molecule has 568 valence electrons. The lowest BCUT2D eigenvalue weighted by Crippen LogP contribution is -2.44. The van der Waals surface area contributed by atoms with Crippen LogP contribution >= 0.6 is 55.2 Å². The number of nitrogens with one attached hydrogen (secondary N) is 3. The fraction of sp³-hybridized carbons (Fsp3) is 0.588. The molecule has 6 unspecified atom stereocenters. The number of nitrogens with zero attached hydrogens (tertiary/aromatic N) is 5. The fourth-order valence-corrected chi connectivity index (χ4v) is 18.2. The van der Waals surface area contributed by atoms with Crippen LogP contribution in [0.1, 0.15) is 257 Å². The Morgan fingerprint density at radius 1 is 0.612 bits per heavy atom. The Balaban J connectivity index is 0.000000248. The van der Waals surface area contributed by atoms with Crippen molar-refractivity contribution >= 4 is 106 Å². The second-order valence-electron chi connectivity index (χ2n) is 28.5. The van der Waals surface area contributed by atoms with Crippen LogP contribution in [0, 0.1) is 23.7 Å². The first-order valence-electron chi connectivity index (χ1n) is 37.5. The van der Waals surface area contributed by atoms with Crippen molar-refractivity contribution in [1.29, 1.82) is 0 Å². The molecule has 10 N–H and O–H groups in total. The minimum Gasteiger partial charge on any atom is -0.448 e. The maximum Gasteiger partial charge on any atom is 0.413 e. The molecule has 0 radical (unpaired) electrons. The van der Waals surface area contributed by atoms with Gasteiger partial charge in [0.15, 0.2) is 20.5 Å². The Labute approximate surface area is 633 Å². The van der Waals surface area contributed by atoms with E-state index in [-0.39, 0.29) is 69.5 Å². The summed E-state index contributed by atoms with van der Waals surface area (Å²) < 4.78 is 11.2. The number of carbonyl (C=O) groups is 5. The minimum absolute atomic E-state index is 0. The van der Waals surface area contributed by atoms with E-state index in [9.17, 15) is 24.0 Å². The summed E-state index contributed by atoms with van der Waals surface area (Å²) >= 11 is 6.45. The van der Waals surface area contributed by atoms with Gasteiger partial charge in [0.1, 0.15) is 18.0 Å². The van der Waals surface area contributed by atoms with Gasteiger partial charge in [-0.05, 0) is 157 Å². The van der Waals surface area contributed by atoms with Gasteiger partial charge in [0.25, 0.3) is 0 Å². The first-order valence-corrected chi connectivity index (χ1v) is 40.8. The van der Waals surface area contributed by atoms with Crippen LogP contribution in [0.5, 0.6) is 0 Å². The first-order chi connectivity index (χ1) is 48.3. The molecule has 4 amide bonds. The highest BCUT2D eigenvalue weighted by Crippen LogP contribution is 2.45. The summed E-state index contributed by atoms with van der Waals surface area (Å²) in [6, 6.07) is 17.0. The highest BCUT2D eigenvalue weighted by molar-refractivity contribution is 7.16. The molecular formula is C80H121N10O8PS4. The van der Waals surface area contributed by atoms with Gasteiger partial charge in [-0.25, -0.2) is 29.5 Å². The van der Waals surface area contributed by atoms with Crippen molar-refractivity contribution in [1.82, 2.24) is 31.0 Å². The van der Waals surface area contributed by atoms with E-state index in [4.69, 9.17) is 15.2 Å². The molecule has 103 heavy (non-hydrogen) atoms. The van der Waals surface area contributed by atoms with Gasteiger partial charge in [-0.15, -0.1) is 45.3 Å². The van der Waals surface area contributed by atoms with Crippen LogP contribution in [0.25, 0.3) is 11.1 Å². The fourth-order valence-electron chi connectivity index (χ4n) is 13.9. The molecule has 0 fully saturated rings. The van der Waals surface area contributed by atoms with Crippen molar-refractivity contribution in [3.8, 4) is 11.1 Å². The van der Waals surface area contributed by atoms with Crippen molar-refractivity contribution in [3.05, 3.63) is 126 Å². The van der Waals surface area contributed by atoms with Crippen molar-refractivity contribution < 1.29 is 38.9 Å². The summed E-state index contributed by atoms with van der Waals surface area (Å²) in [5.74, 6) is 2.20. The number of unbranched alkanes of at least 4 members (excludes halogenated alkanes) is 3. The molecule has 4 heterocycles. The number of nitrogen functional groups attached to an aromatic ring is 1. The summed E-state index contributed by atoms with van der Waals surface area (Å²) in [4.78, 5) is 86.6. The van der Waals surface area contributed by atoms with Gasteiger partial charge in [-0.1, -0.05) is 179 Å². The van der Waals surface area contributed by atoms with Crippen molar-refractivity contribution in [3.63, 3.8) is 0 Å². The first kappa shape index (κ1) is 87.4. The highest BCUT2D eigenvalue weighted by atomic mass is 32.1. The molecule has 2 aromatic carbocycles. The van der Waals surface area contributed by atoms with E-state index in [1.54, 1.807) is 45.3 Å². The number of fused-ring (bicyclic) bond motifs is 7. The van der Waals surface area contributed by atoms with Gasteiger partial charge in [0.05, 0.1) is 22.8 Å². The van der Waals surface area contributed by atoms with E-state index in [2.05, 4.69) is 131 Å². The average molecular weight is 1510 g/mol. The zero-order valence-electron chi connectivity index (χ0n) is 63.3. The molecule has 23 heteroatoms. The number of allylic oxidation sites excluding steroid dienone is 4. The van der Waals surface area contributed by atoms with Crippen LogP contribution in [0.4, 0.5) is 30.1 Å². The predicted molar refractivity (Wildman–Crippen MR) is 434 cm³/mol. The SMILES string of the molecule is CC/C=C\CC(=O)CC(C)C(=O)Nc1nc2c(s1)CC(CCCC)CC2.CC/C=C\CCC(=O)Nc1nc2c(s1)CC(CCCC)CC2.CCCCC1CCc2nc(NC(=O)OC(C)(C)C)sc2C1.CCCN(C(=O)OCC1c2ccccc2-c2ccccc21)C1CCc2nc(N)sc2C1.N.O.P. The number of Topliss-reactive ketones (excluding diaryl/α,β-unsaturated/α-hetero) is 1. The molecule has 6 aromatic rings. The van der Waals surface area contributed by atoms with Gasteiger partial charge >= 0.3 is 12.2 Å². The third-order valence-electron chi connectivity index (χ3n) is 19.2. The smallest absolute Gasteiger partial charge is 0.413 e. The standard InChI is InChI=1S/C25H27N3O2S.C21H32N2O2S.C18H28N2OS.C16H26N2O2S.H3N.H2O.H3P/c1-2-13-28(16-11-12-22-23(14-16)31-24(26)27-22)25(29)30-15-21-19-9-5-3-7-17(19)18-8-4-6-10-20(18)21;1-4-6-8-10-17(24)13-15(3)20(25)23-21-22-18-12-11-16(9-7-5-2)14-19(18)26-21;1-3-5-7-8-10-17(21)20-18-19-15-12-11-14(9-6-4-2)13-16(15)22-18;1-5-6-7-11-8-9-12-13(10-11)21-14(17-12)18-15(19)20-16(2,3)4;;;/h3-10,16,21H,2,11-15H2,1H3,(H2,26,27);6,8,15-16H,4-5,7,9-14H2,1-3H3,(H,22,23,25);5,7,14H,3-4,6,8-13H2,1-2H3,(H,19,20,21);11H,5-10H2,1-4H3,(H,17,18,19);1H3;1H2;1H3/b;8-6-;7-5-;;;;. The summed E-state index contributed by atoms with van der Waals surface area (Å²) in [6.07, 6.45) is 36.7. The Morgan fingerprint density at radius 2 is 1.08 bits per heavy atom. The third-order valence-corrected chi connectivity index (χ3v) is 23.2. The molecule has 0 spiro atoms. The normalized spacial score (nSPS) is 17.1. The van der Waals surface area contributed by atoms with E-state index in [1.165, 1.54) is 130 Å². The molecule has 5 aliphatic rings. The highest BCUT2D eigenvalue weighted by Gasteiger charge is 2.34. The van der Waals surface area contributed by atoms with Gasteiger partial charge in [-0.3, -0.25) is 19.7 Å². The number of hydrogen-bond donors (Lipinski definition) is 5. The van der Waals surface area contributed by atoms with Crippen LogP contribution in [0.2, 0.25) is 0 Å². The number of benzene rings is 2. The average Bonchev–Trinajstić information content (AvgIpc) is 1.62. The van der Waals surface area contributed by atoms with Crippen LogP contribution in [0.15, 0.2) is 72.8 Å². The Morgan fingerprint density at radius 3 is 1.57 bits per heavy atom. The quantitative estimate of drug-likeness (QED) is 0.0237. The maximum atomic E-state index is 13.2. The Kier molecular flexibility index (Phi) is 37.9. The molecule has 0 saturated carbocycles. The number of amides is 4. The number of carbonyl (C=O) groups excluding carboxylic acids is 5. The van der Waals surface area contributed by atoms with Crippen molar-refractivity contribution in [2.24, 2.45) is 23.7 Å². The van der Waals surface area contributed by atoms with Crippen LogP contribution in [-0.2, 0) is 75.2 Å². The van der Waals surface area contributed by atoms with Gasteiger partial charge in [-0.2, -0.15) is 9.90 Å². The number of rotatable bonds is 27. The van der Waals surface area contributed by atoms with Crippen molar-refractivity contribution in [2.45, 2.75) is 267 Å². The second kappa shape index (κ2) is 44.6. The van der Waals surface area contributed by atoms with Crippen LogP contribution < -0.4 is 27.8 Å². The number of hydrogen-bond acceptors (Lipinski definition) is 17. The molecule has 5 aliphatic carbocycles. The Hall–Kier alpha value is -6.26. The predicted octanol–water partition coefficient (Wildman–Crippen LogP) is 19.9. The zero-order valence-corrected chi connectivity index (χ0v) is 68.0. The van der Waals surface area contributed by atoms with E-state index in [0.717, 1.165) is 118 Å². The number of anilines is 4. The molecule has 4 aromatic heterocycles. The van der Waals surface area contributed by atoms with Crippen LogP contribution in [0.3, 0.4) is 0 Å². The lowest BCUT2D eigenvalue weighted by Gasteiger charge is -2.33. The molecule has 0 aliphatic heterocycles. The molecule has 0 bridgehead atoms. The molecule has 18 nitrogen and oxygen atoms in total. The number of ketones is 1. The van der Waals surface area contributed by atoms with E-state index < -0.39 is 11.7 Å². The van der Waals surface area contributed by atoms with E-state index >= 15 is 0 Å². The van der Waals surface area contributed by atoms with Crippen molar-refractivity contribution in [2.75, 3.05) is 34.8 Å².